The zero-order valence-corrected chi connectivity index (χ0v) is 12.9. The highest BCUT2D eigenvalue weighted by molar-refractivity contribution is 5.25. The van der Waals surface area contributed by atoms with E-state index in [1.807, 2.05) is 0 Å². The van der Waals surface area contributed by atoms with Crippen LogP contribution in [0.4, 0.5) is 0 Å². The Morgan fingerprint density at radius 3 is 2.40 bits per heavy atom. The summed E-state index contributed by atoms with van der Waals surface area (Å²) in [6.07, 6.45) is 6.60. The summed E-state index contributed by atoms with van der Waals surface area (Å²) in [5, 5.41) is 13.1. The smallest absolute Gasteiger partial charge is 0.0540 e. The zero-order chi connectivity index (χ0) is 14.4. The molecule has 0 amide bonds. The summed E-state index contributed by atoms with van der Waals surface area (Å²) in [6.45, 7) is 5.45. The van der Waals surface area contributed by atoms with E-state index in [-0.39, 0.29) is 6.10 Å². The molecule has 0 spiro atoms. The van der Waals surface area contributed by atoms with Gasteiger partial charge in [0.15, 0.2) is 0 Å². The van der Waals surface area contributed by atoms with Gasteiger partial charge in [-0.25, -0.2) is 0 Å². The molecule has 1 fully saturated rings. The second-order valence-corrected chi connectivity index (χ2v) is 6.32. The number of aliphatic hydroxyl groups excluding tert-OH is 1. The van der Waals surface area contributed by atoms with Gasteiger partial charge in [-0.3, -0.25) is 0 Å². The minimum Gasteiger partial charge on any atom is -0.393 e. The predicted molar refractivity (Wildman–Crippen MR) is 84.9 cm³/mol. The van der Waals surface area contributed by atoms with Crippen molar-refractivity contribution in [1.29, 1.82) is 0 Å². The van der Waals surface area contributed by atoms with Gasteiger partial charge >= 0.3 is 0 Å². The summed E-state index contributed by atoms with van der Waals surface area (Å²) in [5.74, 6) is 0.652. The molecule has 0 radical (unpaired) electrons. The lowest BCUT2D eigenvalue weighted by Crippen LogP contribution is -2.25. The van der Waals surface area contributed by atoms with Gasteiger partial charge in [0, 0.05) is 12.6 Å². The maximum atomic E-state index is 9.58. The fraction of sp³-hybridized carbons (Fsp3) is 0.667. The summed E-state index contributed by atoms with van der Waals surface area (Å²) in [7, 11) is 0. The van der Waals surface area contributed by atoms with Gasteiger partial charge in [0.2, 0.25) is 0 Å². The molecule has 0 heterocycles. The molecule has 1 unspecified atom stereocenters. The fourth-order valence-corrected chi connectivity index (χ4v) is 3.14. The van der Waals surface area contributed by atoms with Crippen molar-refractivity contribution >= 4 is 0 Å². The van der Waals surface area contributed by atoms with Gasteiger partial charge in [-0.05, 0) is 56.1 Å². The van der Waals surface area contributed by atoms with Crippen LogP contribution in [0.25, 0.3) is 0 Å². The maximum absolute atomic E-state index is 9.58. The maximum Gasteiger partial charge on any atom is 0.0540 e. The van der Waals surface area contributed by atoms with Crippen LogP contribution in [0, 0.1) is 0 Å². The fourth-order valence-electron chi connectivity index (χ4n) is 3.14. The van der Waals surface area contributed by atoms with E-state index in [0.717, 1.165) is 32.2 Å². The number of rotatable bonds is 6. The van der Waals surface area contributed by atoms with Gasteiger partial charge in [-0.2, -0.15) is 0 Å². The molecule has 1 atom stereocenters. The van der Waals surface area contributed by atoms with Crippen molar-refractivity contribution in [3.63, 3.8) is 0 Å². The van der Waals surface area contributed by atoms with Crippen LogP contribution in [0.15, 0.2) is 24.3 Å². The molecule has 0 aromatic heterocycles. The normalized spacial score (nSPS) is 24.6. The van der Waals surface area contributed by atoms with E-state index in [1.54, 1.807) is 0 Å². The number of hydrogen-bond acceptors (Lipinski definition) is 2. The first-order valence-corrected chi connectivity index (χ1v) is 8.19. The third-order valence-corrected chi connectivity index (χ3v) is 4.52. The van der Waals surface area contributed by atoms with Gasteiger partial charge in [0.25, 0.3) is 0 Å². The van der Waals surface area contributed by atoms with Crippen molar-refractivity contribution in [3.05, 3.63) is 35.4 Å². The van der Waals surface area contributed by atoms with Crippen LogP contribution in [0.3, 0.4) is 0 Å². The number of aliphatic hydroxyl groups is 1. The molecule has 2 N–H and O–H groups in total. The molecule has 1 aliphatic carbocycles. The molecule has 1 saturated carbocycles. The Morgan fingerprint density at radius 1 is 1.15 bits per heavy atom. The standard InChI is InChI=1S/C18H29NO/c1-3-4-14(2)19-13-15-5-7-16(8-6-15)17-9-11-18(20)12-10-17/h5-8,14,17-20H,3-4,9-13H2,1-2H3/t14?,17-,18-. The molecule has 2 heteroatoms. The summed E-state index contributed by atoms with van der Waals surface area (Å²) < 4.78 is 0. The number of benzene rings is 1. The van der Waals surface area contributed by atoms with E-state index in [0.29, 0.717) is 12.0 Å². The van der Waals surface area contributed by atoms with E-state index in [1.165, 1.54) is 24.0 Å². The molecule has 0 bridgehead atoms. The van der Waals surface area contributed by atoms with Gasteiger partial charge in [0.05, 0.1) is 6.10 Å². The van der Waals surface area contributed by atoms with Crippen molar-refractivity contribution < 1.29 is 5.11 Å². The lowest BCUT2D eigenvalue weighted by molar-refractivity contribution is 0.122. The van der Waals surface area contributed by atoms with Crippen LogP contribution in [-0.4, -0.2) is 17.3 Å². The van der Waals surface area contributed by atoms with Crippen LogP contribution in [0.5, 0.6) is 0 Å². The first kappa shape index (κ1) is 15.5. The number of nitrogens with one attached hydrogen (secondary N) is 1. The molecule has 20 heavy (non-hydrogen) atoms. The van der Waals surface area contributed by atoms with Crippen molar-refractivity contribution in [2.45, 2.75) is 77.0 Å². The third-order valence-electron chi connectivity index (χ3n) is 4.52. The first-order valence-electron chi connectivity index (χ1n) is 8.19. The zero-order valence-electron chi connectivity index (χ0n) is 12.9. The van der Waals surface area contributed by atoms with Gasteiger partial charge in [-0.15, -0.1) is 0 Å². The minimum atomic E-state index is -0.0604. The Hall–Kier alpha value is -0.860. The monoisotopic (exact) mass is 275 g/mol. The molecule has 0 saturated heterocycles. The van der Waals surface area contributed by atoms with Crippen LogP contribution in [-0.2, 0) is 6.54 Å². The van der Waals surface area contributed by atoms with E-state index in [2.05, 4.69) is 43.4 Å². The van der Waals surface area contributed by atoms with E-state index >= 15 is 0 Å². The summed E-state index contributed by atoms with van der Waals surface area (Å²) in [5.41, 5.74) is 2.81. The molecule has 1 aromatic rings. The summed E-state index contributed by atoms with van der Waals surface area (Å²) in [4.78, 5) is 0. The molecular formula is C18H29NO. The Kier molecular flexibility index (Phi) is 6.06. The Morgan fingerprint density at radius 2 is 1.80 bits per heavy atom. The summed E-state index contributed by atoms with van der Waals surface area (Å²) >= 11 is 0. The van der Waals surface area contributed by atoms with Crippen LogP contribution in [0.1, 0.15) is 69.4 Å². The molecular weight excluding hydrogens is 246 g/mol. The van der Waals surface area contributed by atoms with Gasteiger partial charge in [-0.1, -0.05) is 37.6 Å². The molecule has 1 aromatic carbocycles. The summed E-state index contributed by atoms with van der Waals surface area (Å²) in [6, 6.07) is 9.67. The van der Waals surface area contributed by atoms with Crippen molar-refractivity contribution in [2.75, 3.05) is 0 Å². The average molecular weight is 275 g/mol. The van der Waals surface area contributed by atoms with Crippen LogP contribution >= 0.6 is 0 Å². The average Bonchev–Trinajstić information content (AvgIpc) is 2.47. The largest absolute Gasteiger partial charge is 0.393 e. The lowest BCUT2D eigenvalue weighted by atomic mass is 9.82. The highest BCUT2D eigenvalue weighted by Gasteiger charge is 2.20. The third kappa shape index (κ3) is 4.60. The predicted octanol–water partition coefficient (Wildman–Crippen LogP) is 3.98. The molecule has 112 valence electrons. The van der Waals surface area contributed by atoms with Gasteiger partial charge in [0.1, 0.15) is 0 Å². The van der Waals surface area contributed by atoms with Crippen LogP contribution < -0.4 is 5.32 Å². The molecule has 1 aliphatic rings. The van der Waals surface area contributed by atoms with Gasteiger partial charge < -0.3 is 10.4 Å². The highest BCUT2D eigenvalue weighted by Crippen LogP contribution is 2.32. The Balaban J connectivity index is 1.83. The number of hydrogen-bond donors (Lipinski definition) is 2. The Labute approximate surface area is 123 Å². The van der Waals surface area contributed by atoms with E-state index < -0.39 is 0 Å². The highest BCUT2D eigenvalue weighted by atomic mass is 16.3. The lowest BCUT2D eigenvalue weighted by Gasteiger charge is -2.25. The second-order valence-electron chi connectivity index (χ2n) is 6.32. The second kappa shape index (κ2) is 7.80. The molecule has 2 nitrogen and oxygen atoms in total. The van der Waals surface area contributed by atoms with E-state index in [4.69, 9.17) is 0 Å². The topological polar surface area (TPSA) is 32.3 Å². The van der Waals surface area contributed by atoms with E-state index in [9.17, 15) is 5.11 Å². The molecule has 2 rings (SSSR count). The Bertz CT molecular complexity index is 379. The minimum absolute atomic E-state index is 0.0604. The van der Waals surface area contributed by atoms with Crippen molar-refractivity contribution in [1.82, 2.24) is 5.32 Å². The van der Waals surface area contributed by atoms with Crippen molar-refractivity contribution in [2.24, 2.45) is 0 Å². The SMILES string of the molecule is CCCC(C)NCc1ccc([C@H]2CC[C@H](O)CC2)cc1. The van der Waals surface area contributed by atoms with Crippen LogP contribution in [0.2, 0.25) is 0 Å². The van der Waals surface area contributed by atoms with Crippen molar-refractivity contribution in [3.8, 4) is 0 Å². The molecule has 0 aliphatic heterocycles. The quantitative estimate of drug-likeness (QED) is 0.823. The first-order chi connectivity index (χ1) is 9.69.